The molecule has 26 heavy (non-hydrogen) atoms. The highest BCUT2D eigenvalue weighted by atomic mass is 19.1. The van der Waals surface area contributed by atoms with Gasteiger partial charge in [-0.15, -0.1) is 0 Å². The Morgan fingerprint density at radius 2 is 2.12 bits per heavy atom. The van der Waals surface area contributed by atoms with Crippen LogP contribution in [0, 0.1) is 15.9 Å². The predicted octanol–water partition coefficient (Wildman–Crippen LogP) is 2.45. The quantitative estimate of drug-likeness (QED) is 0.538. The fourth-order valence-corrected chi connectivity index (χ4v) is 2.38. The largest absolute Gasteiger partial charge is 0.320 e. The molecule has 0 atom stereocenters. The molecule has 0 spiro atoms. The van der Waals surface area contributed by atoms with Crippen molar-refractivity contribution in [1.29, 1.82) is 0 Å². The molecule has 1 aromatic carbocycles. The van der Waals surface area contributed by atoms with E-state index in [4.69, 9.17) is 0 Å². The van der Waals surface area contributed by atoms with E-state index in [1.807, 2.05) is 0 Å². The summed E-state index contributed by atoms with van der Waals surface area (Å²) in [6.07, 6.45) is 2.82. The first kappa shape index (κ1) is 17.3. The van der Waals surface area contributed by atoms with Crippen molar-refractivity contribution in [3.8, 4) is 0 Å². The van der Waals surface area contributed by atoms with Gasteiger partial charge in [-0.2, -0.15) is 10.2 Å². The molecule has 0 radical (unpaired) electrons. The molecule has 0 saturated heterocycles. The number of rotatable bonds is 6. The Morgan fingerprint density at radius 1 is 1.31 bits per heavy atom. The molecule has 3 rings (SSSR count). The molecule has 0 unspecified atom stereocenters. The van der Waals surface area contributed by atoms with Gasteiger partial charge in [0, 0.05) is 18.8 Å². The number of nitro groups is 1. The number of hydrogen-bond acceptors (Lipinski definition) is 5. The van der Waals surface area contributed by atoms with Gasteiger partial charge in [-0.05, 0) is 24.6 Å². The summed E-state index contributed by atoms with van der Waals surface area (Å²) in [6.45, 7) is 2.47. The minimum atomic E-state index is -0.722. The van der Waals surface area contributed by atoms with Crippen LogP contribution in [0.3, 0.4) is 0 Å². The van der Waals surface area contributed by atoms with Gasteiger partial charge in [-0.1, -0.05) is 12.1 Å². The molecular weight excluding hydrogens is 343 g/mol. The van der Waals surface area contributed by atoms with Crippen molar-refractivity contribution in [2.24, 2.45) is 0 Å². The van der Waals surface area contributed by atoms with Crippen LogP contribution in [-0.4, -0.2) is 30.4 Å². The van der Waals surface area contributed by atoms with Gasteiger partial charge >= 0.3 is 5.69 Å². The SMILES string of the molecule is CCn1cc([N+](=O)[O-])c(C(=O)Nc2ccn(Cc3cccc(F)c3)n2)n1. The summed E-state index contributed by atoms with van der Waals surface area (Å²) in [5.74, 6) is -0.853. The van der Waals surface area contributed by atoms with Crippen LogP contribution in [-0.2, 0) is 13.1 Å². The zero-order valence-corrected chi connectivity index (χ0v) is 13.8. The van der Waals surface area contributed by atoms with E-state index in [0.717, 1.165) is 0 Å². The summed E-state index contributed by atoms with van der Waals surface area (Å²) in [4.78, 5) is 22.7. The molecule has 9 nitrogen and oxygen atoms in total. The van der Waals surface area contributed by atoms with Crippen LogP contribution in [0.2, 0.25) is 0 Å². The van der Waals surface area contributed by atoms with Crippen LogP contribution in [0.25, 0.3) is 0 Å². The highest BCUT2D eigenvalue weighted by Gasteiger charge is 2.25. The first-order valence-corrected chi connectivity index (χ1v) is 7.77. The molecule has 0 aliphatic rings. The predicted molar refractivity (Wildman–Crippen MR) is 90.2 cm³/mol. The molecule has 1 N–H and O–H groups in total. The molecule has 1 amide bonds. The van der Waals surface area contributed by atoms with Crippen LogP contribution in [0.1, 0.15) is 23.0 Å². The summed E-state index contributed by atoms with van der Waals surface area (Å²) >= 11 is 0. The van der Waals surface area contributed by atoms with Crippen LogP contribution in [0.15, 0.2) is 42.7 Å². The maximum absolute atomic E-state index is 13.2. The Morgan fingerprint density at radius 3 is 2.81 bits per heavy atom. The molecule has 2 heterocycles. The van der Waals surface area contributed by atoms with Gasteiger partial charge in [-0.25, -0.2) is 4.39 Å². The molecule has 3 aromatic rings. The lowest BCUT2D eigenvalue weighted by atomic mass is 10.2. The van der Waals surface area contributed by atoms with E-state index in [1.54, 1.807) is 31.3 Å². The molecule has 0 bridgehead atoms. The maximum Gasteiger partial charge on any atom is 0.320 e. The topological polar surface area (TPSA) is 108 Å². The summed E-state index contributed by atoms with van der Waals surface area (Å²) in [6, 6.07) is 7.63. The van der Waals surface area contributed by atoms with Gasteiger partial charge in [0.05, 0.1) is 11.5 Å². The van der Waals surface area contributed by atoms with Crippen molar-refractivity contribution in [2.75, 3.05) is 5.32 Å². The van der Waals surface area contributed by atoms with E-state index in [9.17, 15) is 19.3 Å². The van der Waals surface area contributed by atoms with Gasteiger partial charge in [0.15, 0.2) is 5.82 Å². The normalized spacial score (nSPS) is 10.7. The number of nitrogens with one attached hydrogen (secondary N) is 1. The lowest BCUT2D eigenvalue weighted by Crippen LogP contribution is -2.15. The Labute approximate surface area is 147 Å². The number of anilines is 1. The molecular formula is C16H15FN6O3. The summed E-state index contributed by atoms with van der Waals surface area (Å²) in [5, 5.41) is 21.6. The van der Waals surface area contributed by atoms with E-state index in [2.05, 4.69) is 15.5 Å². The number of carbonyl (C=O) groups is 1. The lowest BCUT2D eigenvalue weighted by molar-refractivity contribution is -0.385. The van der Waals surface area contributed by atoms with E-state index < -0.39 is 10.8 Å². The molecule has 2 aromatic heterocycles. The number of hydrogen-bond donors (Lipinski definition) is 1. The molecule has 10 heteroatoms. The highest BCUT2D eigenvalue weighted by molar-refractivity contribution is 6.05. The van der Waals surface area contributed by atoms with Gasteiger partial charge in [0.25, 0.3) is 5.91 Å². The number of aromatic nitrogens is 4. The van der Waals surface area contributed by atoms with Crippen molar-refractivity contribution in [1.82, 2.24) is 19.6 Å². The molecule has 134 valence electrons. The van der Waals surface area contributed by atoms with E-state index in [1.165, 1.54) is 27.7 Å². The average Bonchev–Trinajstić information content (AvgIpc) is 3.21. The first-order valence-electron chi connectivity index (χ1n) is 7.77. The smallest absolute Gasteiger partial charge is 0.303 e. The Kier molecular flexibility index (Phi) is 4.74. The van der Waals surface area contributed by atoms with Gasteiger partial charge in [0.2, 0.25) is 5.69 Å². The lowest BCUT2D eigenvalue weighted by Gasteiger charge is -2.02. The van der Waals surface area contributed by atoms with Crippen molar-refractivity contribution in [2.45, 2.75) is 20.0 Å². The van der Waals surface area contributed by atoms with E-state index >= 15 is 0 Å². The number of carbonyl (C=O) groups excluding carboxylic acids is 1. The Hall–Kier alpha value is -3.56. The zero-order chi connectivity index (χ0) is 18.7. The van der Waals surface area contributed by atoms with Gasteiger partial charge in [0.1, 0.15) is 12.0 Å². The fraction of sp³-hybridized carbons (Fsp3) is 0.188. The summed E-state index contributed by atoms with van der Waals surface area (Å²) < 4.78 is 16.1. The van der Waals surface area contributed by atoms with E-state index in [0.29, 0.717) is 18.7 Å². The third kappa shape index (κ3) is 3.74. The minimum absolute atomic E-state index is 0.215. The molecule has 0 fully saturated rings. The Balaban J connectivity index is 1.74. The third-order valence-electron chi connectivity index (χ3n) is 3.59. The van der Waals surface area contributed by atoms with Gasteiger partial charge in [-0.3, -0.25) is 24.3 Å². The summed E-state index contributed by atoms with van der Waals surface area (Å²) in [5.41, 5.74) is 0.0587. The monoisotopic (exact) mass is 358 g/mol. The van der Waals surface area contributed by atoms with Crippen molar-refractivity contribution < 1.29 is 14.1 Å². The molecule has 0 aliphatic heterocycles. The zero-order valence-electron chi connectivity index (χ0n) is 13.8. The van der Waals surface area contributed by atoms with Crippen LogP contribution < -0.4 is 5.32 Å². The third-order valence-corrected chi connectivity index (χ3v) is 3.59. The second kappa shape index (κ2) is 7.13. The second-order valence-electron chi connectivity index (χ2n) is 5.46. The number of aryl methyl sites for hydroxylation is 1. The standard InChI is InChI=1S/C16H15FN6O3/c1-2-21-10-13(23(25)26)15(20-21)16(24)18-14-6-7-22(19-14)9-11-4-3-5-12(17)8-11/h3-8,10H,2,9H2,1H3,(H,18,19,24). The Bertz CT molecular complexity index is 965. The first-order chi connectivity index (χ1) is 12.5. The average molecular weight is 358 g/mol. The van der Waals surface area contributed by atoms with Crippen molar-refractivity contribution in [3.63, 3.8) is 0 Å². The fourth-order valence-electron chi connectivity index (χ4n) is 2.38. The van der Waals surface area contributed by atoms with Gasteiger partial charge < -0.3 is 5.32 Å². The number of nitrogens with zero attached hydrogens (tertiary/aromatic N) is 5. The summed E-state index contributed by atoms with van der Waals surface area (Å²) in [7, 11) is 0. The molecule has 0 saturated carbocycles. The minimum Gasteiger partial charge on any atom is -0.303 e. The van der Waals surface area contributed by atoms with Crippen LogP contribution >= 0.6 is 0 Å². The van der Waals surface area contributed by atoms with E-state index in [-0.39, 0.29) is 23.0 Å². The van der Waals surface area contributed by atoms with Crippen molar-refractivity contribution >= 4 is 17.4 Å². The highest BCUT2D eigenvalue weighted by Crippen LogP contribution is 2.18. The second-order valence-corrected chi connectivity index (χ2v) is 5.46. The number of halogens is 1. The van der Waals surface area contributed by atoms with Crippen molar-refractivity contribution in [3.05, 3.63) is 69.9 Å². The molecule has 0 aliphatic carbocycles. The number of amides is 1. The van der Waals surface area contributed by atoms with Crippen LogP contribution in [0.5, 0.6) is 0 Å². The number of benzene rings is 1. The maximum atomic E-state index is 13.2. The van der Waals surface area contributed by atoms with Crippen LogP contribution in [0.4, 0.5) is 15.9 Å².